The summed E-state index contributed by atoms with van der Waals surface area (Å²) >= 11 is 4.33. The number of likely N-dealkylation sites (N-methyl/N-ethyl adjacent to an activating group) is 1. The lowest BCUT2D eigenvalue weighted by atomic mass is 10.1. The molecule has 0 bridgehead atoms. The van der Waals surface area contributed by atoms with Gasteiger partial charge in [0, 0.05) is 42.4 Å². The number of thiol groups is 1. The Labute approximate surface area is 177 Å². The summed E-state index contributed by atoms with van der Waals surface area (Å²) in [6.07, 6.45) is 1.75. The first-order valence-corrected chi connectivity index (χ1v) is 10.3. The van der Waals surface area contributed by atoms with Gasteiger partial charge in [-0.05, 0) is 44.8 Å². The third-order valence-electron chi connectivity index (χ3n) is 5.16. The van der Waals surface area contributed by atoms with E-state index < -0.39 is 0 Å². The highest BCUT2D eigenvalue weighted by Crippen LogP contribution is 2.37. The second kappa shape index (κ2) is 9.41. The van der Waals surface area contributed by atoms with E-state index in [4.69, 9.17) is 0 Å². The SMILES string of the molecule is C/C(S)=C(\C)N=C1CC1c1cc(=O)[nH]c(NCC(Cc2ccccc2)N(C)C)n1. The molecule has 1 aliphatic rings. The Balaban J connectivity index is 1.68. The molecule has 29 heavy (non-hydrogen) atoms. The minimum Gasteiger partial charge on any atom is -0.354 e. The van der Waals surface area contributed by atoms with Gasteiger partial charge in [0.2, 0.25) is 5.95 Å². The van der Waals surface area contributed by atoms with Gasteiger partial charge in [-0.3, -0.25) is 14.8 Å². The van der Waals surface area contributed by atoms with E-state index in [0.29, 0.717) is 12.5 Å². The van der Waals surface area contributed by atoms with Crippen LogP contribution in [0.3, 0.4) is 0 Å². The van der Waals surface area contributed by atoms with Crippen molar-refractivity contribution < 1.29 is 0 Å². The van der Waals surface area contributed by atoms with Crippen LogP contribution in [0.5, 0.6) is 0 Å². The first-order valence-electron chi connectivity index (χ1n) is 9.83. The lowest BCUT2D eigenvalue weighted by molar-refractivity contribution is 0.303. The van der Waals surface area contributed by atoms with Crippen LogP contribution < -0.4 is 10.9 Å². The Morgan fingerprint density at radius 1 is 1.34 bits per heavy atom. The number of hydrogen-bond donors (Lipinski definition) is 3. The summed E-state index contributed by atoms with van der Waals surface area (Å²) in [6.45, 7) is 4.54. The van der Waals surface area contributed by atoms with Gasteiger partial charge in [-0.1, -0.05) is 30.3 Å². The summed E-state index contributed by atoms with van der Waals surface area (Å²) in [5.41, 5.74) is 3.86. The molecule has 1 fully saturated rings. The number of nitrogens with zero attached hydrogens (tertiary/aromatic N) is 3. The fourth-order valence-electron chi connectivity index (χ4n) is 3.12. The smallest absolute Gasteiger partial charge is 0.252 e. The predicted octanol–water partition coefficient (Wildman–Crippen LogP) is 3.46. The largest absolute Gasteiger partial charge is 0.354 e. The zero-order valence-corrected chi connectivity index (χ0v) is 18.3. The van der Waals surface area contributed by atoms with Crippen molar-refractivity contribution in [1.82, 2.24) is 14.9 Å². The monoisotopic (exact) mass is 411 g/mol. The van der Waals surface area contributed by atoms with Crippen LogP contribution in [0.2, 0.25) is 0 Å². The number of aromatic nitrogens is 2. The molecule has 6 nitrogen and oxygen atoms in total. The van der Waals surface area contributed by atoms with Crippen LogP contribution in [0.15, 0.2) is 56.8 Å². The number of aromatic amines is 1. The fourth-order valence-corrected chi connectivity index (χ4v) is 3.17. The molecule has 2 unspecified atom stereocenters. The van der Waals surface area contributed by atoms with Gasteiger partial charge in [0.25, 0.3) is 5.56 Å². The van der Waals surface area contributed by atoms with Crippen molar-refractivity contribution in [3.63, 3.8) is 0 Å². The molecule has 2 aromatic rings. The molecular formula is C22H29N5OS. The summed E-state index contributed by atoms with van der Waals surface area (Å²) in [5.74, 6) is 0.630. The van der Waals surface area contributed by atoms with Crippen molar-refractivity contribution in [2.75, 3.05) is 26.0 Å². The van der Waals surface area contributed by atoms with Crippen LogP contribution in [0.4, 0.5) is 5.95 Å². The highest BCUT2D eigenvalue weighted by molar-refractivity contribution is 7.84. The topological polar surface area (TPSA) is 73.4 Å². The van der Waals surface area contributed by atoms with Gasteiger partial charge in [0.15, 0.2) is 0 Å². The first-order chi connectivity index (χ1) is 13.8. The van der Waals surface area contributed by atoms with Gasteiger partial charge >= 0.3 is 0 Å². The summed E-state index contributed by atoms with van der Waals surface area (Å²) in [5, 5.41) is 3.31. The van der Waals surface area contributed by atoms with Crippen LogP contribution in [-0.2, 0) is 6.42 Å². The third kappa shape index (κ3) is 6.05. The summed E-state index contributed by atoms with van der Waals surface area (Å²) in [6, 6.07) is 12.2. The normalized spacial score (nSPS) is 19.2. The van der Waals surface area contributed by atoms with Crippen LogP contribution in [0.1, 0.15) is 37.4 Å². The average Bonchev–Trinajstić information content (AvgIpc) is 3.44. The van der Waals surface area contributed by atoms with E-state index in [1.54, 1.807) is 6.07 Å². The number of nitrogens with one attached hydrogen (secondary N) is 2. The van der Waals surface area contributed by atoms with Crippen LogP contribution >= 0.6 is 12.6 Å². The zero-order valence-electron chi connectivity index (χ0n) is 17.4. The molecule has 1 aliphatic carbocycles. The fraction of sp³-hybridized carbons (Fsp3) is 0.409. The second-order valence-corrected chi connectivity index (χ2v) is 8.41. The number of anilines is 1. The number of aliphatic imine (C=N–C) groups is 1. The first kappa shape index (κ1) is 21.3. The lowest BCUT2D eigenvalue weighted by Gasteiger charge is -2.25. The van der Waals surface area contributed by atoms with Crippen molar-refractivity contribution >= 4 is 24.3 Å². The molecule has 2 N–H and O–H groups in total. The summed E-state index contributed by atoms with van der Waals surface area (Å²) < 4.78 is 0. The second-order valence-electron chi connectivity index (χ2n) is 7.74. The number of allylic oxidation sites excluding steroid dienone is 2. The van der Waals surface area contributed by atoms with Crippen LogP contribution in [0, 0.1) is 0 Å². The molecule has 7 heteroatoms. The van der Waals surface area contributed by atoms with E-state index in [9.17, 15) is 4.79 Å². The Morgan fingerprint density at radius 2 is 2.07 bits per heavy atom. The number of benzene rings is 1. The summed E-state index contributed by atoms with van der Waals surface area (Å²) in [4.78, 5) is 27.3. The predicted molar refractivity (Wildman–Crippen MR) is 123 cm³/mol. The van der Waals surface area contributed by atoms with E-state index in [1.807, 2.05) is 19.9 Å². The van der Waals surface area contributed by atoms with Crippen molar-refractivity contribution in [3.05, 3.63) is 68.6 Å². The number of H-pyrrole nitrogens is 1. The van der Waals surface area contributed by atoms with Crippen molar-refractivity contribution in [2.45, 2.75) is 38.6 Å². The van der Waals surface area contributed by atoms with Crippen LogP contribution in [-0.4, -0.2) is 47.3 Å². The molecule has 154 valence electrons. The molecule has 3 rings (SSSR count). The average molecular weight is 412 g/mol. The molecule has 1 aromatic heterocycles. The molecule has 1 aromatic carbocycles. The Bertz CT molecular complexity index is 961. The van der Waals surface area contributed by atoms with E-state index in [0.717, 1.165) is 34.8 Å². The maximum atomic E-state index is 12.1. The molecule has 2 atom stereocenters. The van der Waals surface area contributed by atoms with E-state index in [1.165, 1.54) is 5.56 Å². The highest BCUT2D eigenvalue weighted by atomic mass is 32.1. The van der Waals surface area contributed by atoms with Gasteiger partial charge in [0.05, 0.1) is 5.69 Å². The van der Waals surface area contributed by atoms with Crippen molar-refractivity contribution in [1.29, 1.82) is 0 Å². The molecule has 0 amide bonds. The molecule has 0 spiro atoms. The Hall–Kier alpha value is -2.38. The summed E-state index contributed by atoms with van der Waals surface area (Å²) in [7, 11) is 4.13. The molecule has 1 saturated carbocycles. The molecule has 0 aliphatic heterocycles. The maximum Gasteiger partial charge on any atom is 0.252 e. The Kier molecular flexibility index (Phi) is 6.92. The molecule has 0 radical (unpaired) electrons. The van der Waals surface area contributed by atoms with Gasteiger partial charge in [-0.25, -0.2) is 4.98 Å². The van der Waals surface area contributed by atoms with E-state index in [-0.39, 0.29) is 17.5 Å². The third-order valence-corrected chi connectivity index (χ3v) is 5.48. The van der Waals surface area contributed by atoms with Crippen molar-refractivity contribution in [3.8, 4) is 0 Å². The highest BCUT2D eigenvalue weighted by Gasteiger charge is 2.35. The standard InChI is InChI=1S/C22H29N5OS/c1-14(15(2)29)24-19-11-18(19)20-12-21(28)26-22(25-20)23-13-17(27(3)4)10-16-8-6-5-7-9-16/h5-9,12,17-18,29H,10-11,13H2,1-4H3,(H2,23,25,26,28)/b15-14-,24-19?. The van der Waals surface area contributed by atoms with Crippen LogP contribution in [0.25, 0.3) is 0 Å². The number of hydrogen-bond acceptors (Lipinski definition) is 6. The zero-order chi connectivity index (χ0) is 21.0. The van der Waals surface area contributed by atoms with Crippen molar-refractivity contribution in [2.24, 2.45) is 4.99 Å². The maximum absolute atomic E-state index is 12.1. The van der Waals surface area contributed by atoms with Gasteiger partial charge < -0.3 is 10.2 Å². The van der Waals surface area contributed by atoms with Gasteiger partial charge in [-0.2, -0.15) is 0 Å². The molecule has 1 heterocycles. The quantitative estimate of drug-likeness (QED) is 0.582. The Morgan fingerprint density at radius 3 is 2.72 bits per heavy atom. The molecular weight excluding hydrogens is 382 g/mol. The number of rotatable bonds is 8. The van der Waals surface area contributed by atoms with E-state index in [2.05, 4.69) is 76.2 Å². The molecule has 0 saturated heterocycles. The minimum absolute atomic E-state index is 0.120. The van der Waals surface area contributed by atoms with E-state index >= 15 is 0 Å². The van der Waals surface area contributed by atoms with Gasteiger partial charge in [-0.15, -0.1) is 12.6 Å². The van der Waals surface area contributed by atoms with Gasteiger partial charge in [0.1, 0.15) is 0 Å². The minimum atomic E-state index is -0.147. The lowest BCUT2D eigenvalue weighted by Crippen LogP contribution is -2.37.